The van der Waals surface area contributed by atoms with Crippen molar-refractivity contribution in [2.24, 2.45) is 0 Å². The van der Waals surface area contributed by atoms with Crippen LogP contribution in [0.2, 0.25) is 0 Å². The number of carbonyl (C=O) groups is 2. The van der Waals surface area contributed by atoms with Crippen molar-refractivity contribution >= 4 is 34.9 Å². The number of carboxylic acids is 1. The van der Waals surface area contributed by atoms with Crippen molar-refractivity contribution < 1.29 is 14.7 Å². The molecule has 8 heteroatoms. The summed E-state index contributed by atoms with van der Waals surface area (Å²) in [5.41, 5.74) is 1.53. The van der Waals surface area contributed by atoms with Crippen molar-refractivity contribution in [1.29, 1.82) is 0 Å². The van der Waals surface area contributed by atoms with E-state index in [0.29, 0.717) is 17.9 Å². The molecule has 1 amide bonds. The zero-order chi connectivity index (χ0) is 16.6. The topological polar surface area (TPSA) is 99.2 Å². The lowest BCUT2D eigenvalue weighted by molar-refractivity contribution is -0.132. The monoisotopic (exact) mass is 330 g/mol. The summed E-state index contributed by atoms with van der Waals surface area (Å²) >= 11 is 0.874. The van der Waals surface area contributed by atoms with Gasteiger partial charge in [0.25, 0.3) is 5.91 Å². The number of amides is 1. The van der Waals surface area contributed by atoms with Crippen LogP contribution in [0.15, 0.2) is 34.3 Å². The SMILES string of the molecule is CCN1C(=O)C(=C(Sc2n[nH]c(C)n2)C(=O)O)c2ccccc21. The van der Waals surface area contributed by atoms with E-state index in [-0.39, 0.29) is 21.5 Å². The molecule has 0 aliphatic carbocycles. The summed E-state index contributed by atoms with van der Waals surface area (Å²) in [6.45, 7) is 4.04. The second-order valence-corrected chi connectivity index (χ2v) is 5.86. The number of H-pyrrole nitrogens is 1. The molecule has 2 aromatic rings. The van der Waals surface area contributed by atoms with Gasteiger partial charge >= 0.3 is 5.97 Å². The van der Waals surface area contributed by atoms with Crippen molar-refractivity contribution in [2.75, 3.05) is 11.4 Å². The van der Waals surface area contributed by atoms with Crippen LogP contribution >= 0.6 is 11.8 Å². The van der Waals surface area contributed by atoms with Gasteiger partial charge in [0.15, 0.2) is 0 Å². The minimum Gasteiger partial charge on any atom is -0.477 e. The molecule has 0 unspecified atom stereocenters. The summed E-state index contributed by atoms with van der Waals surface area (Å²) in [5, 5.41) is 16.5. The van der Waals surface area contributed by atoms with Gasteiger partial charge in [-0.15, -0.1) is 5.10 Å². The first-order valence-electron chi connectivity index (χ1n) is 6.98. The molecule has 1 aliphatic rings. The number of aryl methyl sites for hydroxylation is 1. The highest BCUT2D eigenvalue weighted by Gasteiger charge is 2.36. The van der Waals surface area contributed by atoms with Gasteiger partial charge in [-0.05, 0) is 31.7 Å². The number of para-hydroxylation sites is 1. The predicted octanol–water partition coefficient (Wildman–Crippen LogP) is 2.07. The molecule has 0 saturated carbocycles. The third kappa shape index (κ3) is 2.61. The summed E-state index contributed by atoms with van der Waals surface area (Å²) in [7, 11) is 0. The first-order chi connectivity index (χ1) is 11.0. The highest BCUT2D eigenvalue weighted by molar-refractivity contribution is 8.04. The standard InChI is InChI=1S/C15H14N4O3S/c1-3-19-10-7-5-4-6-9(10)11(13(19)20)12(14(21)22)23-15-16-8(2)17-18-15/h4-7H,3H2,1-2H3,(H,21,22)(H,16,17,18). The number of aliphatic carboxylic acids is 1. The lowest BCUT2D eigenvalue weighted by atomic mass is 10.1. The van der Waals surface area contributed by atoms with Gasteiger partial charge < -0.3 is 10.0 Å². The molecule has 0 atom stereocenters. The molecule has 0 radical (unpaired) electrons. The number of benzene rings is 1. The highest BCUT2D eigenvalue weighted by Crippen LogP contribution is 2.41. The summed E-state index contributed by atoms with van der Waals surface area (Å²) < 4.78 is 0. The van der Waals surface area contributed by atoms with E-state index in [1.54, 1.807) is 24.0 Å². The van der Waals surface area contributed by atoms with E-state index in [1.165, 1.54) is 0 Å². The largest absolute Gasteiger partial charge is 0.477 e. The molecular formula is C15H14N4O3S. The Morgan fingerprint density at radius 1 is 1.39 bits per heavy atom. The number of rotatable bonds is 4. The van der Waals surface area contributed by atoms with E-state index in [0.717, 1.165) is 17.4 Å². The van der Waals surface area contributed by atoms with Gasteiger partial charge in [0.05, 0.1) is 11.3 Å². The van der Waals surface area contributed by atoms with Crippen LogP contribution in [-0.2, 0) is 9.59 Å². The van der Waals surface area contributed by atoms with Crippen LogP contribution in [0.4, 0.5) is 5.69 Å². The lowest BCUT2D eigenvalue weighted by Crippen LogP contribution is -2.26. The molecule has 2 N–H and O–H groups in total. The number of carboxylic acid groups (broad SMARTS) is 1. The van der Waals surface area contributed by atoms with Gasteiger partial charge in [0.1, 0.15) is 10.7 Å². The molecule has 0 spiro atoms. The van der Waals surface area contributed by atoms with E-state index < -0.39 is 5.97 Å². The number of nitrogens with one attached hydrogen (secondary N) is 1. The van der Waals surface area contributed by atoms with E-state index in [4.69, 9.17) is 0 Å². The van der Waals surface area contributed by atoms with Gasteiger partial charge in [-0.1, -0.05) is 18.2 Å². The Bertz CT molecular complexity index is 828. The van der Waals surface area contributed by atoms with E-state index in [2.05, 4.69) is 15.2 Å². The van der Waals surface area contributed by atoms with Crippen molar-refractivity contribution in [3.8, 4) is 0 Å². The third-order valence-corrected chi connectivity index (χ3v) is 4.38. The number of aromatic nitrogens is 3. The maximum Gasteiger partial charge on any atom is 0.343 e. The third-order valence-electron chi connectivity index (χ3n) is 3.43. The number of aromatic amines is 1. The molecule has 0 bridgehead atoms. The fourth-order valence-corrected chi connectivity index (χ4v) is 3.32. The van der Waals surface area contributed by atoms with Gasteiger partial charge in [-0.3, -0.25) is 9.89 Å². The highest BCUT2D eigenvalue weighted by atomic mass is 32.2. The van der Waals surface area contributed by atoms with Crippen LogP contribution in [0.1, 0.15) is 18.3 Å². The molecule has 7 nitrogen and oxygen atoms in total. The molecule has 118 valence electrons. The second kappa shape index (κ2) is 5.88. The number of carbonyl (C=O) groups excluding carboxylic acids is 1. The van der Waals surface area contributed by atoms with Crippen molar-refractivity contribution in [3.05, 3.63) is 40.6 Å². The van der Waals surface area contributed by atoms with Crippen LogP contribution in [0, 0.1) is 6.92 Å². The number of fused-ring (bicyclic) bond motifs is 1. The van der Waals surface area contributed by atoms with Crippen molar-refractivity contribution in [3.63, 3.8) is 0 Å². The number of nitrogens with zero attached hydrogens (tertiary/aromatic N) is 3. The Hall–Kier alpha value is -2.61. The van der Waals surface area contributed by atoms with E-state index in [9.17, 15) is 14.7 Å². The molecule has 23 heavy (non-hydrogen) atoms. The van der Waals surface area contributed by atoms with Crippen molar-refractivity contribution in [2.45, 2.75) is 19.0 Å². The van der Waals surface area contributed by atoms with Gasteiger partial charge in [0.2, 0.25) is 5.16 Å². The smallest absolute Gasteiger partial charge is 0.343 e. The van der Waals surface area contributed by atoms with Crippen LogP contribution in [0.5, 0.6) is 0 Å². The number of anilines is 1. The van der Waals surface area contributed by atoms with Crippen LogP contribution in [0.25, 0.3) is 5.57 Å². The normalized spacial score (nSPS) is 15.7. The Kier molecular flexibility index (Phi) is 3.91. The Morgan fingerprint density at radius 3 is 2.74 bits per heavy atom. The molecule has 1 aromatic heterocycles. The van der Waals surface area contributed by atoms with E-state index >= 15 is 0 Å². The number of likely N-dealkylation sites (N-methyl/N-ethyl adjacent to an activating group) is 1. The van der Waals surface area contributed by atoms with E-state index in [1.807, 2.05) is 19.1 Å². The first-order valence-corrected chi connectivity index (χ1v) is 7.80. The lowest BCUT2D eigenvalue weighted by Gasteiger charge is -2.13. The molecular weight excluding hydrogens is 316 g/mol. The second-order valence-electron chi connectivity index (χ2n) is 4.88. The van der Waals surface area contributed by atoms with Crippen LogP contribution in [0.3, 0.4) is 0 Å². The van der Waals surface area contributed by atoms with Crippen molar-refractivity contribution in [1.82, 2.24) is 15.2 Å². The molecule has 0 saturated heterocycles. The average molecular weight is 330 g/mol. The Balaban J connectivity index is 2.15. The van der Waals surface area contributed by atoms with Crippen LogP contribution < -0.4 is 4.90 Å². The summed E-state index contributed by atoms with van der Waals surface area (Å²) in [6, 6.07) is 7.17. The molecule has 1 aromatic carbocycles. The number of hydrogen-bond donors (Lipinski definition) is 2. The van der Waals surface area contributed by atoms with Gasteiger partial charge in [0, 0.05) is 12.1 Å². The summed E-state index contributed by atoms with van der Waals surface area (Å²) in [5.74, 6) is -0.907. The van der Waals surface area contributed by atoms with Gasteiger partial charge in [-0.2, -0.15) is 0 Å². The van der Waals surface area contributed by atoms with Crippen LogP contribution in [-0.4, -0.2) is 38.7 Å². The average Bonchev–Trinajstić information content (AvgIpc) is 3.05. The quantitative estimate of drug-likeness (QED) is 0.657. The Labute approximate surface area is 136 Å². The minimum atomic E-state index is -1.17. The molecule has 1 aliphatic heterocycles. The minimum absolute atomic E-state index is 0.0719. The maximum atomic E-state index is 12.7. The fourth-order valence-electron chi connectivity index (χ4n) is 2.47. The zero-order valence-electron chi connectivity index (χ0n) is 12.5. The summed E-state index contributed by atoms with van der Waals surface area (Å²) in [4.78, 5) is 30.0. The molecule has 2 heterocycles. The molecule has 3 rings (SSSR count). The maximum absolute atomic E-state index is 12.7. The Morgan fingerprint density at radius 2 is 2.13 bits per heavy atom. The first kappa shape index (κ1) is 15.3. The summed E-state index contributed by atoms with van der Waals surface area (Å²) in [6.07, 6.45) is 0. The number of thioether (sulfide) groups is 1. The van der Waals surface area contributed by atoms with Gasteiger partial charge in [-0.25, -0.2) is 9.78 Å². The predicted molar refractivity (Wildman–Crippen MR) is 86.0 cm³/mol. The fraction of sp³-hybridized carbons (Fsp3) is 0.200. The number of hydrogen-bond acceptors (Lipinski definition) is 5. The molecule has 0 fully saturated rings. The zero-order valence-corrected chi connectivity index (χ0v) is 13.3.